The van der Waals surface area contributed by atoms with E-state index in [9.17, 15) is 9.18 Å². The largest absolute Gasteiger partial charge is 0.351 e. The second-order valence-corrected chi connectivity index (χ2v) is 6.72. The van der Waals surface area contributed by atoms with Gasteiger partial charge >= 0.3 is 0 Å². The molecule has 1 amide bonds. The van der Waals surface area contributed by atoms with Crippen molar-refractivity contribution in [2.75, 3.05) is 31.6 Å². The van der Waals surface area contributed by atoms with E-state index in [1.165, 1.54) is 12.4 Å². The number of carbonyl (C=O) groups excluding carboxylic acids is 1. The number of nitrogens with zero attached hydrogens (tertiary/aromatic N) is 4. The van der Waals surface area contributed by atoms with Gasteiger partial charge in [0.15, 0.2) is 5.82 Å². The van der Waals surface area contributed by atoms with Gasteiger partial charge in [-0.1, -0.05) is 0 Å². The minimum absolute atomic E-state index is 0.214. The SMILES string of the molecule is CNCCCNC(=O)/C(C)=N/c1c(C)ncnc1N1CCc2cc(F)ccc21. The molecule has 148 valence electrons. The first-order valence-electron chi connectivity index (χ1n) is 9.37. The molecule has 0 spiro atoms. The van der Waals surface area contributed by atoms with Crippen molar-refractivity contribution in [3.8, 4) is 0 Å². The number of hydrogen-bond donors (Lipinski definition) is 2. The maximum Gasteiger partial charge on any atom is 0.265 e. The first-order valence-corrected chi connectivity index (χ1v) is 9.37. The van der Waals surface area contributed by atoms with Crippen LogP contribution in [0.1, 0.15) is 24.6 Å². The molecule has 1 aliphatic rings. The van der Waals surface area contributed by atoms with E-state index in [4.69, 9.17) is 0 Å². The highest BCUT2D eigenvalue weighted by atomic mass is 19.1. The fourth-order valence-corrected chi connectivity index (χ4v) is 3.19. The van der Waals surface area contributed by atoms with E-state index in [2.05, 4.69) is 25.6 Å². The summed E-state index contributed by atoms with van der Waals surface area (Å²) in [4.78, 5) is 27.5. The van der Waals surface area contributed by atoms with Crippen LogP contribution in [0, 0.1) is 12.7 Å². The first-order chi connectivity index (χ1) is 13.5. The number of halogens is 1. The molecule has 0 bridgehead atoms. The van der Waals surface area contributed by atoms with Crippen LogP contribution in [-0.4, -0.2) is 48.3 Å². The molecule has 0 saturated carbocycles. The molecule has 7 nitrogen and oxygen atoms in total. The zero-order valence-electron chi connectivity index (χ0n) is 16.4. The first kappa shape index (κ1) is 19.9. The zero-order chi connectivity index (χ0) is 20.1. The van der Waals surface area contributed by atoms with Gasteiger partial charge in [0.1, 0.15) is 23.5 Å². The molecule has 2 aromatic rings. The molecule has 2 N–H and O–H groups in total. The number of hydrogen-bond acceptors (Lipinski definition) is 6. The van der Waals surface area contributed by atoms with Crippen LogP contribution in [0.25, 0.3) is 0 Å². The van der Waals surface area contributed by atoms with Gasteiger partial charge in [0.25, 0.3) is 5.91 Å². The fourth-order valence-electron chi connectivity index (χ4n) is 3.19. The van der Waals surface area contributed by atoms with E-state index in [0.29, 0.717) is 36.0 Å². The summed E-state index contributed by atoms with van der Waals surface area (Å²) in [5, 5.41) is 5.90. The number of aliphatic imine (C=N–C) groups is 1. The van der Waals surface area contributed by atoms with Gasteiger partial charge < -0.3 is 15.5 Å². The highest BCUT2D eigenvalue weighted by Gasteiger charge is 2.25. The normalized spacial score (nSPS) is 13.6. The van der Waals surface area contributed by atoms with E-state index < -0.39 is 0 Å². The Hall–Kier alpha value is -2.87. The van der Waals surface area contributed by atoms with Crippen molar-refractivity contribution in [2.45, 2.75) is 26.7 Å². The van der Waals surface area contributed by atoms with Crippen LogP contribution >= 0.6 is 0 Å². The highest BCUT2D eigenvalue weighted by Crippen LogP contribution is 2.39. The van der Waals surface area contributed by atoms with Crippen LogP contribution in [0.4, 0.5) is 21.6 Å². The van der Waals surface area contributed by atoms with E-state index in [0.717, 1.165) is 30.6 Å². The summed E-state index contributed by atoms with van der Waals surface area (Å²) in [7, 11) is 1.87. The van der Waals surface area contributed by atoms with Gasteiger partial charge in [0, 0.05) is 18.8 Å². The van der Waals surface area contributed by atoms with Crippen LogP contribution in [0.2, 0.25) is 0 Å². The lowest BCUT2D eigenvalue weighted by Crippen LogP contribution is -2.31. The highest BCUT2D eigenvalue weighted by molar-refractivity contribution is 6.38. The lowest BCUT2D eigenvalue weighted by molar-refractivity contribution is -0.114. The van der Waals surface area contributed by atoms with Crippen LogP contribution in [0.3, 0.4) is 0 Å². The van der Waals surface area contributed by atoms with Crippen LogP contribution < -0.4 is 15.5 Å². The lowest BCUT2D eigenvalue weighted by Gasteiger charge is -2.20. The maximum absolute atomic E-state index is 13.5. The molecule has 0 radical (unpaired) electrons. The summed E-state index contributed by atoms with van der Waals surface area (Å²) in [5.41, 5.74) is 3.43. The van der Waals surface area contributed by atoms with Gasteiger partial charge in [-0.25, -0.2) is 19.4 Å². The third kappa shape index (κ3) is 4.33. The van der Waals surface area contributed by atoms with Gasteiger partial charge in [-0.05, 0) is 64.0 Å². The van der Waals surface area contributed by atoms with Crippen molar-refractivity contribution in [1.29, 1.82) is 0 Å². The number of rotatable bonds is 7. The third-order valence-electron chi connectivity index (χ3n) is 4.68. The molecule has 8 heteroatoms. The predicted octanol–water partition coefficient (Wildman–Crippen LogP) is 2.44. The Bertz CT molecular complexity index is 898. The van der Waals surface area contributed by atoms with Gasteiger partial charge in [0.2, 0.25) is 0 Å². The number of benzene rings is 1. The zero-order valence-corrected chi connectivity index (χ0v) is 16.4. The second kappa shape index (κ2) is 8.88. The molecular formula is C20H25FN6O. The third-order valence-corrected chi connectivity index (χ3v) is 4.68. The number of aryl methyl sites for hydroxylation is 1. The minimum Gasteiger partial charge on any atom is -0.351 e. The van der Waals surface area contributed by atoms with Gasteiger partial charge in [-0.2, -0.15) is 0 Å². The van der Waals surface area contributed by atoms with E-state index in [1.807, 2.05) is 18.9 Å². The Balaban J connectivity index is 1.87. The minimum atomic E-state index is -0.247. The summed E-state index contributed by atoms with van der Waals surface area (Å²) in [5.74, 6) is 0.165. The molecule has 0 fully saturated rings. The predicted molar refractivity (Wildman–Crippen MR) is 108 cm³/mol. The van der Waals surface area contributed by atoms with Crippen LogP contribution in [0.15, 0.2) is 29.5 Å². The summed E-state index contributed by atoms with van der Waals surface area (Å²) in [6.45, 7) is 5.60. The smallest absolute Gasteiger partial charge is 0.265 e. The molecule has 1 aromatic carbocycles. The van der Waals surface area contributed by atoms with Crippen molar-refractivity contribution in [3.05, 3.63) is 41.6 Å². The summed E-state index contributed by atoms with van der Waals surface area (Å²) in [6.07, 6.45) is 3.05. The van der Waals surface area contributed by atoms with Crippen molar-refractivity contribution in [3.63, 3.8) is 0 Å². The monoisotopic (exact) mass is 384 g/mol. The van der Waals surface area contributed by atoms with Crippen LogP contribution in [0.5, 0.6) is 0 Å². The summed E-state index contributed by atoms with van der Waals surface area (Å²) < 4.78 is 13.5. The molecule has 1 aliphatic heterocycles. The number of aromatic nitrogens is 2. The Labute approximate surface area is 164 Å². The summed E-state index contributed by atoms with van der Waals surface area (Å²) in [6, 6.07) is 4.75. The quantitative estimate of drug-likeness (QED) is 0.566. The number of amides is 1. The lowest BCUT2D eigenvalue weighted by atomic mass is 10.1. The topological polar surface area (TPSA) is 82.5 Å². The molecule has 2 heterocycles. The van der Waals surface area contributed by atoms with Crippen molar-refractivity contribution in [2.24, 2.45) is 4.99 Å². The van der Waals surface area contributed by atoms with Crippen molar-refractivity contribution in [1.82, 2.24) is 20.6 Å². The van der Waals surface area contributed by atoms with Crippen LogP contribution in [-0.2, 0) is 11.2 Å². The molecule has 0 aliphatic carbocycles. The van der Waals surface area contributed by atoms with E-state index in [1.54, 1.807) is 19.1 Å². The molecule has 28 heavy (non-hydrogen) atoms. The fraction of sp³-hybridized carbons (Fsp3) is 0.400. The number of fused-ring (bicyclic) bond motifs is 1. The Morgan fingerprint density at radius 2 is 2.14 bits per heavy atom. The van der Waals surface area contributed by atoms with E-state index in [-0.39, 0.29) is 11.7 Å². The molecular weight excluding hydrogens is 359 g/mol. The standard InChI is InChI=1S/C20H25FN6O/c1-13-18(26-14(2)20(28)23-9-4-8-22-3)19(25-12-24-13)27-10-7-15-11-16(21)5-6-17(15)27/h5-6,11-12,22H,4,7-10H2,1-3H3,(H,23,28)/b26-14+. The van der Waals surface area contributed by atoms with E-state index >= 15 is 0 Å². The second-order valence-electron chi connectivity index (χ2n) is 6.72. The Kier molecular flexibility index (Phi) is 6.30. The molecule has 1 aromatic heterocycles. The number of nitrogens with one attached hydrogen (secondary N) is 2. The Morgan fingerprint density at radius 1 is 1.32 bits per heavy atom. The summed E-state index contributed by atoms with van der Waals surface area (Å²) >= 11 is 0. The number of anilines is 2. The van der Waals surface area contributed by atoms with Crippen molar-refractivity contribution >= 4 is 28.8 Å². The molecule has 0 atom stereocenters. The number of carbonyl (C=O) groups is 1. The van der Waals surface area contributed by atoms with Crippen molar-refractivity contribution < 1.29 is 9.18 Å². The van der Waals surface area contributed by atoms with Gasteiger partial charge in [-0.3, -0.25) is 4.79 Å². The van der Waals surface area contributed by atoms with Gasteiger partial charge in [0.05, 0.1) is 5.69 Å². The molecule has 3 rings (SSSR count). The Morgan fingerprint density at radius 3 is 2.93 bits per heavy atom. The average Bonchev–Trinajstić information content (AvgIpc) is 3.09. The van der Waals surface area contributed by atoms with Gasteiger partial charge in [-0.15, -0.1) is 0 Å². The average molecular weight is 384 g/mol. The molecule has 0 saturated heterocycles. The maximum atomic E-state index is 13.5. The molecule has 0 unspecified atom stereocenters.